The molecular formula is C15H20N4O4S. The number of hydrogen-bond donors (Lipinski definition) is 2. The maximum Gasteiger partial charge on any atom is 0.266 e. The van der Waals surface area contributed by atoms with Crippen molar-refractivity contribution in [3.8, 4) is 11.5 Å². The van der Waals surface area contributed by atoms with Gasteiger partial charge in [-0.1, -0.05) is 6.92 Å². The standard InChI is InChI=1S/C15H20N4O4S/c1-4-9-16-14-7-8-15(18-17-14)19-24(20,21)13-10-11(22-2)5-6-12(13)23-3/h5-8,10H,4,9H2,1-3H3,(H,16,17)(H,18,19). The van der Waals surface area contributed by atoms with Gasteiger partial charge < -0.3 is 14.8 Å². The van der Waals surface area contributed by atoms with Crippen LogP contribution in [0.3, 0.4) is 0 Å². The Morgan fingerprint density at radius 1 is 1.04 bits per heavy atom. The molecule has 8 nitrogen and oxygen atoms in total. The Labute approximate surface area is 141 Å². The van der Waals surface area contributed by atoms with E-state index in [2.05, 4.69) is 20.2 Å². The van der Waals surface area contributed by atoms with E-state index in [1.54, 1.807) is 12.1 Å². The summed E-state index contributed by atoms with van der Waals surface area (Å²) >= 11 is 0. The number of nitrogens with zero attached hydrogens (tertiary/aromatic N) is 2. The molecule has 1 aromatic carbocycles. The highest BCUT2D eigenvalue weighted by Gasteiger charge is 2.21. The molecule has 2 aromatic rings. The molecule has 0 saturated heterocycles. The molecule has 0 radical (unpaired) electrons. The lowest BCUT2D eigenvalue weighted by molar-refractivity contribution is 0.392. The van der Waals surface area contributed by atoms with E-state index in [0.29, 0.717) is 11.6 Å². The molecule has 9 heteroatoms. The molecule has 0 bridgehead atoms. The number of anilines is 2. The Balaban J connectivity index is 2.25. The Kier molecular flexibility index (Phi) is 5.80. The van der Waals surface area contributed by atoms with E-state index in [-0.39, 0.29) is 16.5 Å². The molecule has 2 N–H and O–H groups in total. The van der Waals surface area contributed by atoms with Crippen LogP contribution >= 0.6 is 0 Å². The minimum atomic E-state index is -3.90. The van der Waals surface area contributed by atoms with Gasteiger partial charge in [0.2, 0.25) is 0 Å². The van der Waals surface area contributed by atoms with Crippen LogP contribution in [0, 0.1) is 0 Å². The van der Waals surface area contributed by atoms with Crippen LogP contribution in [-0.4, -0.2) is 39.4 Å². The lowest BCUT2D eigenvalue weighted by Crippen LogP contribution is -2.15. The van der Waals surface area contributed by atoms with Gasteiger partial charge >= 0.3 is 0 Å². The van der Waals surface area contributed by atoms with Gasteiger partial charge in [-0.2, -0.15) is 0 Å². The van der Waals surface area contributed by atoms with E-state index in [1.165, 1.54) is 32.4 Å². The predicted octanol–water partition coefficient (Wildman–Crippen LogP) is 2.12. The second kappa shape index (κ2) is 7.82. The first-order chi connectivity index (χ1) is 11.5. The zero-order valence-electron chi connectivity index (χ0n) is 13.7. The second-order valence-electron chi connectivity index (χ2n) is 4.85. The third kappa shape index (κ3) is 4.25. The van der Waals surface area contributed by atoms with Crippen molar-refractivity contribution >= 4 is 21.7 Å². The molecule has 0 spiro atoms. The summed E-state index contributed by atoms with van der Waals surface area (Å²) in [6.45, 7) is 2.80. The van der Waals surface area contributed by atoms with Crippen molar-refractivity contribution in [2.75, 3.05) is 30.8 Å². The zero-order chi connectivity index (χ0) is 17.6. The first kappa shape index (κ1) is 17.8. The largest absolute Gasteiger partial charge is 0.497 e. The molecule has 130 valence electrons. The van der Waals surface area contributed by atoms with Crippen LogP contribution < -0.4 is 19.5 Å². The van der Waals surface area contributed by atoms with Crippen molar-refractivity contribution < 1.29 is 17.9 Å². The number of rotatable bonds is 8. The summed E-state index contributed by atoms with van der Waals surface area (Å²) in [5, 5.41) is 10.9. The fraction of sp³-hybridized carbons (Fsp3) is 0.333. The summed E-state index contributed by atoms with van der Waals surface area (Å²) in [6.07, 6.45) is 0.950. The van der Waals surface area contributed by atoms with E-state index in [9.17, 15) is 8.42 Å². The third-order valence-corrected chi connectivity index (χ3v) is 4.50. The predicted molar refractivity (Wildman–Crippen MR) is 91.2 cm³/mol. The van der Waals surface area contributed by atoms with Crippen LogP contribution in [0.15, 0.2) is 35.2 Å². The van der Waals surface area contributed by atoms with E-state index >= 15 is 0 Å². The van der Waals surface area contributed by atoms with Crippen LogP contribution in [0.4, 0.5) is 11.6 Å². The Hall–Kier alpha value is -2.55. The average Bonchev–Trinajstić information content (AvgIpc) is 2.60. The molecule has 2 rings (SSSR count). The van der Waals surface area contributed by atoms with Crippen LogP contribution in [0.1, 0.15) is 13.3 Å². The smallest absolute Gasteiger partial charge is 0.266 e. The van der Waals surface area contributed by atoms with Gasteiger partial charge in [0.05, 0.1) is 14.2 Å². The molecule has 0 aliphatic carbocycles. The third-order valence-electron chi connectivity index (χ3n) is 3.12. The Morgan fingerprint density at radius 3 is 2.33 bits per heavy atom. The number of aromatic nitrogens is 2. The molecule has 0 saturated carbocycles. The maximum atomic E-state index is 12.6. The number of ether oxygens (including phenoxy) is 2. The van der Waals surface area contributed by atoms with E-state index in [4.69, 9.17) is 9.47 Å². The van der Waals surface area contributed by atoms with Gasteiger partial charge in [-0.15, -0.1) is 10.2 Å². The second-order valence-corrected chi connectivity index (χ2v) is 6.50. The molecular weight excluding hydrogens is 332 g/mol. The van der Waals surface area contributed by atoms with Crippen LogP contribution in [-0.2, 0) is 10.0 Å². The van der Waals surface area contributed by atoms with Crippen molar-refractivity contribution in [3.05, 3.63) is 30.3 Å². The lowest BCUT2D eigenvalue weighted by atomic mass is 10.3. The number of methoxy groups -OCH3 is 2. The van der Waals surface area contributed by atoms with Crippen LogP contribution in [0.2, 0.25) is 0 Å². The first-order valence-electron chi connectivity index (χ1n) is 7.32. The van der Waals surface area contributed by atoms with Gasteiger partial charge in [-0.3, -0.25) is 4.72 Å². The molecule has 0 amide bonds. The maximum absolute atomic E-state index is 12.6. The fourth-order valence-electron chi connectivity index (χ4n) is 1.92. The summed E-state index contributed by atoms with van der Waals surface area (Å²) in [5.74, 6) is 1.31. The Morgan fingerprint density at radius 2 is 1.75 bits per heavy atom. The van der Waals surface area contributed by atoms with Gasteiger partial charge in [0, 0.05) is 12.6 Å². The van der Waals surface area contributed by atoms with Gasteiger partial charge in [0.25, 0.3) is 10.0 Å². The summed E-state index contributed by atoms with van der Waals surface area (Å²) in [7, 11) is -1.04. The highest BCUT2D eigenvalue weighted by Crippen LogP contribution is 2.29. The summed E-state index contributed by atoms with van der Waals surface area (Å²) in [5.41, 5.74) is 0. The van der Waals surface area contributed by atoms with Crippen molar-refractivity contribution in [1.82, 2.24) is 10.2 Å². The zero-order valence-corrected chi connectivity index (χ0v) is 14.6. The molecule has 0 aliphatic rings. The SMILES string of the molecule is CCCNc1ccc(NS(=O)(=O)c2cc(OC)ccc2OC)nn1. The molecule has 1 heterocycles. The number of benzene rings is 1. The minimum absolute atomic E-state index is 0.0423. The minimum Gasteiger partial charge on any atom is -0.497 e. The van der Waals surface area contributed by atoms with Gasteiger partial charge in [0.15, 0.2) is 5.82 Å². The molecule has 0 fully saturated rings. The fourth-order valence-corrected chi connectivity index (χ4v) is 3.10. The first-order valence-corrected chi connectivity index (χ1v) is 8.81. The highest BCUT2D eigenvalue weighted by molar-refractivity contribution is 7.92. The number of sulfonamides is 1. The topological polar surface area (TPSA) is 102 Å². The van der Waals surface area contributed by atoms with Crippen LogP contribution in [0.5, 0.6) is 11.5 Å². The Bertz CT molecular complexity index is 779. The van der Waals surface area contributed by atoms with Crippen molar-refractivity contribution in [3.63, 3.8) is 0 Å². The number of nitrogens with one attached hydrogen (secondary N) is 2. The van der Waals surface area contributed by atoms with E-state index in [1.807, 2.05) is 6.92 Å². The monoisotopic (exact) mass is 352 g/mol. The quantitative estimate of drug-likeness (QED) is 0.750. The summed E-state index contributed by atoms with van der Waals surface area (Å²) in [6, 6.07) is 7.72. The van der Waals surface area contributed by atoms with Crippen LogP contribution in [0.25, 0.3) is 0 Å². The van der Waals surface area contributed by atoms with Crippen molar-refractivity contribution in [2.45, 2.75) is 18.2 Å². The highest BCUT2D eigenvalue weighted by atomic mass is 32.2. The molecule has 0 unspecified atom stereocenters. The van der Waals surface area contributed by atoms with E-state index in [0.717, 1.165) is 13.0 Å². The molecule has 0 atom stereocenters. The number of hydrogen-bond acceptors (Lipinski definition) is 7. The summed E-state index contributed by atoms with van der Waals surface area (Å²) in [4.78, 5) is -0.0423. The van der Waals surface area contributed by atoms with Gasteiger partial charge in [-0.05, 0) is 30.7 Å². The van der Waals surface area contributed by atoms with Crippen molar-refractivity contribution in [2.24, 2.45) is 0 Å². The molecule has 0 aliphatic heterocycles. The molecule has 1 aromatic heterocycles. The van der Waals surface area contributed by atoms with E-state index < -0.39 is 10.0 Å². The average molecular weight is 352 g/mol. The van der Waals surface area contributed by atoms with Crippen molar-refractivity contribution in [1.29, 1.82) is 0 Å². The normalized spacial score (nSPS) is 11.0. The van der Waals surface area contributed by atoms with Gasteiger partial charge in [0.1, 0.15) is 22.2 Å². The summed E-state index contributed by atoms with van der Waals surface area (Å²) < 4.78 is 37.7. The lowest BCUT2D eigenvalue weighted by Gasteiger charge is -2.12. The van der Waals surface area contributed by atoms with Gasteiger partial charge in [-0.25, -0.2) is 8.42 Å². The molecule has 24 heavy (non-hydrogen) atoms.